The van der Waals surface area contributed by atoms with E-state index in [1.165, 1.54) is 0 Å². The fraction of sp³-hybridized carbons (Fsp3) is 0.385. The Labute approximate surface area is 102 Å². The van der Waals surface area contributed by atoms with Gasteiger partial charge in [-0.1, -0.05) is 13.8 Å². The van der Waals surface area contributed by atoms with Crippen LogP contribution in [0.1, 0.15) is 25.2 Å². The van der Waals surface area contributed by atoms with Gasteiger partial charge in [0.1, 0.15) is 5.69 Å². The van der Waals surface area contributed by atoms with Gasteiger partial charge in [0.2, 0.25) is 5.88 Å². The minimum absolute atomic E-state index is 0.618. The van der Waals surface area contributed by atoms with E-state index in [-0.39, 0.29) is 0 Å². The molecular formula is C13H19N3O. The Hall–Kier alpha value is -1.84. The highest BCUT2D eigenvalue weighted by atomic mass is 16.5. The number of aryl methyl sites for hydroxylation is 2. The smallest absolute Gasteiger partial charge is 0.238 e. The summed E-state index contributed by atoms with van der Waals surface area (Å²) in [6.45, 7) is 7.88. The second-order valence-corrected chi connectivity index (χ2v) is 3.40. The molecule has 4 nitrogen and oxygen atoms in total. The molecule has 4 heteroatoms. The van der Waals surface area contributed by atoms with Crippen molar-refractivity contribution >= 4 is 0 Å². The first-order chi connectivity index (χ1) is 8.20. The average Bonchev–Trinajstić information content (AvgIpc) is 2.78. The number of methoxy groups -OCH3 is 1. The lowest BCUT2D eigenvalue weighted by molar-refractivity contribution is 0.395. The second-order valence-electron chi connectivity index (χ2n) is 3.40. The van der Waals surface area contributed by atoms with Crippen molar-refractivity contribution in [2.45, 2.75) is 27.7 Å². The molecule has 0 N–H and O–H groups in total. The molecule has 2 heterocycles. The van der Waals surface area contributed by atoms with Gasteiger partial charge in [-0.2, -0.15) is 0 Å². The summed E-state index contributed by atoms with van der Waals surface area (Å²) in [6, 6.07) is 3.93. The third kappa shape index (κ3) is 3.06. The molecule has 0 bridgehead atoms. The number of ether oxygens (including phenoxy) is 1. The van der Waals surface area contributed by atoms with E-state index in [1.54, 1.807) is 13.4 Å². The molecule has 17 heavy (non-hydrogen) atoms. The topological polar surface area (TPSA) is 39.9 Å². The Kier molecular flexibility index (Phi) is 4.69. The number of hydrogen-bond acceptors (Lipinski definition) is 3. The van der Waals surface area contributed by atoms with Crippen molar-refractivity contribution in [3.63, 3.8) is 0 Å². The van der Waals surface area contributed by atoms with Crippen LogP contribution in [0.25, 0.3) is 5.69 Å². The maximum Gasteiger partial charge on any atom is 0.238 e. The van der Waals surface area contributed by atoms with Crippen molar-refractivity contribution in [2.24, 2.45) is 0 Å². The van der Waals surface area contributed by atoms with Gasteiger partial charge in [-0.05, 0) is 26.0 Å². The molecule has 0 spiro atoms. The molecule has 0 saturated carbocycles. The molecule has 2 rings (SSSR count). The van der Waals surface area contributed by atoms with Crippen molar-refractivity contribution in [3.8, 4) is 11.6 Å². The number of imidazole rings is 1. The monoisotopic (exact) mass is 233 g/mol. The molecule has 0 aliphatic rings. The van der Waals surface area contributed by atoms with Crippen molar-refractivity contribution in [1.82, 2.24) is 14.5 Å². The molecule has 2 aromatic rings. The quantitative estimate of drug-likeness (QED) is 0.800. The van der Waals surface area contributed by atoms with Crippen LogP contribution in [0.3, 0.4) is 0 Å². The van der Waals surface area contributed by atoms with Crippen molar-refractivity contribution in [3.05, 3.63) is 36.0 Å². The van der Waals surface area contributed by atoms with E-state index in [9.17, 15) is 0 Å². The number of hydrogen-bond donors (Lipinski definition) is 0. The number of pyridine rings is 1. The first-order valence-electron chi connectivity index (χ1n) is 5.73. The van der Waals surface area contributed by atoms with Crippen LogP contribution in [0.5, 0.6) is 5.88 Å². The van der Waals surface area contributed by atoms with Gasteiger partial charge < -0.3 is 9.30 Å². The molecule has 0 aromatic carbocycles. The van der Waals surface area contributed by atoms with Gasteiger partial charge in [0.05, 0.1) is 19.1 Å². The minimum atomic E-state index is 0.618. The lowest BCUT2D eigenvalue weighted by atomic mass is 10.3. The molecule has 0 atom stereocenters. The highest BCUT2D eigenvalue weighted by Gasteiger charge is 2.06. The lowest BCUT2D eigenvalue weighted by Crippen LogP contribution is -1.98. The zero-order valence-corrected chi connectivity index (χ0v) is 11.1. The molecule has 0 amide bonds. The summed E-state index contributed by atoms with van der Waals surface area (Å²) in [4.78, 5) is 8.48. The van der Waals surface area contributed by atoms with E-state index in [0.29, 0.717) is 5.88 Å². The van der Waals surface area contributed by atoms with E-state index >= 15 is 0 Å². The van der Waals surface area contributed by atoms with Gasteiger partial charge in [0.15, 0.2) is 0 Å². The lowest BCUT2D eigenvalue weighted by Gasteiger charge is -2.08. The maximum atomic E-state index is 5.23. The standard InChI is InChI=1S/C11H13N3O.C2H6/c1-8-4-5-10(11(13-8)15-3)14-6-9(2)12-7-14;1-2/h4-7H,1-3H3;1-2H3. The van der Waals surface area contributed by atoms with Crippen LogP contribution in [-0.2, 0) is 0 Å². The fourth-order valence-electron chi connectivity index (χ4n) is 1.43. The van der Waals surface area contributed by atoms with Gasteiger partial charge in [0, 0.05) is 11.9 Å². The van der Waals surface area contributed by atoms with Gasteiger partial charge in [0.25, 0.3) is 0 Å². The van der Waals surface area contributed by atoms with Gasteiger partial charge in [-0.15, -0.1) is 0 Å². The van der Waals surface area contributed by atoms with Crippen LogP contribution in [-0.4, -0.2) is 21.6 Å². The largest absolute Gasteiger partial charge is 0.479 e. The summed E-state index contributed by atoms with van der Waals surface area (Å²) in [5, 5.41) is 0. The first-order valence-corrected chi connectivity index (χ1v) is 5.73. The Morgan fingerprint density at radius 2 is 1.82 bits per heavy atom. The molecule has 0 unspecified atom stereocenters. The summed E-state index contributed by atoms with van der Waals surface area (Å²) in [5.74, 6) is 0.618. The highest BCUT2D eigenvalue weighted by Crippen LogP contribution is 2.20. The predicted molar refractivity (Wildman–Crippen MR) is 68.7 cm³/mol. The van der Waals surface area contributed by atoms with Crippen LogP contribution >= 0.6 is 0 Å². The predicted octanol–water partition coefficient (Wildman–Crippen LogP) is 2.92. The second kappa shape index (κ2) is 6.03. The Balaban J connectivity index is 0.000000686. The van der Waals surface area contributed by atoms with E-state index < -0.39 is 0 Å². The van der Waals surface area contributed by atoms with Crippen molar-refractivity contribution in [2.75, 3.05) is 7.11 Å². The maximum absolute atomic E-state index is 5.23. The molecule has 0 radical (unpaired) electrons. The van der Waals surface area contributed by atoms with Gasteiger partial charge in [-0.3, -0.25) is 0 Å². The molecule has 2 aromatic heterocycles. The molecule has 92 valence electrons. The molecular weight excluding hydrogens is 214 g/mol. The van der Waals surface area contributed by atoms with Gasteiger partial charge >= 0.3 is 0 Å². The van der Waals surface area contributed by atoms with E-state index in [0.717, 1.165) is 17.1 Å². The SMILES string of the molecule is CC.COc1nc(C)ccc1-n1cnc(C)c1. The molecule has 0 saturated heterocycles. The zero-order valence-electron chi connectivity index (χ0n) is 11.1. The molecule has 0 aliphatic carbocycles. The van der Waals surface area contributed by atoms with Crippen molar-refractivity contribution in [1.29, 1.82) is 0 Å². The normalized spacial score (nSPS) is 9.47. The summed E-state index contributed by atoms with van der Waals surface area (Å²) >= 11 is 0. The Morgan fingerprint density at radius 3 is 2.35 bits per heavy atom. The summed E-state index contributed by atoms with van der Waals surface area (Å²) in [5.41, 5.74) is 2.81. The minimum Gasteiger partial charge on any atom is -0.479 e. The average molecular weight is 233 g/mol. The van der Waals surface area contributed by atoms with Crippen LogP contribution in [0, 0.1) is 13.8 Å². The van der Waals surface area contributed by atoms with E-state index in [4.69, 9.17) is 4.74 Å². The van der Waals surface area contributed by atoms with E-state index in [1.807, 2.05) is 50.6 Å². The highest BCUT2D eigenvalue weighted by molar-refractivity contribution is 5.42. The molecule has 0 aliphatic heterocycles. The van der Waals surface area contributed by atoms with Crippen LogP contribution < -0.4 is 4.74 Å². The third-order valence-corrected chi connectivity index (χ3v) is 2.16. The van der Waals surface area contributed by atoms with Crippen LogP contribution in [0.2, 0.25) is 0 Å². The third-order valence-electron chi connectivity index (χ3n) is 2.16. The van der Waals surface area contributed by atoms with Crippen LogP contribution in [0.4, 0.5) is 0 Å². The van der Waals surface area contributed by atoms with Crippen LogP contribution in [0.15, 0.2) is 24.7 Å². The van der Waals surface area contributed by atoms with Crippen molar-refractivity contribution < 1.29 is 4.74 Å². The molecule has 0 fully saturated rings. The first kappa shape index (κ1) is 13.2. The zero-order chi connectivity index (χ0) is 12.8. The van der Waals surface area contributed by atoms with E-state index in [2.05, 4.69) is 9.97 Å². The number of aromatic nitrogens is 3. The summed E-state index contributed by atoms with van der Waals surface area (Å²) in [7, 11) is 1.62. The number of rotatable bonds is 2. The number of nitrogens with zero attached hydrogens (tertiary/aromatic N) is 3. The fourth-order valence-corrected chi connectivity index (χ4v) is 1.43. The van der Waals surface area contributed by atoms with Gasteiger partial charge in [-0.25, -0.2) is 9.97 Å². The summed E-state index contributed by atoms with van der Waals surface area (Å²) in [6.07, 6.45) is 3.69. The Bertz CT molecular complexity index is 477. The summed E-state index contributed by atoms with van der Waals surface area (Å²) < 4.78 is 7.13. The Morgan fingerprint density at radius 1 is 1.12 bits per heavy atom.